The van der Waals surface area contributed by atoms with Crippen molar-refractivity contribution in [2.45, 2.75) is 52.4 Å². The van der Waals surface area contributed by atoms with Crippen LogP contribution in [0.2, 0.25) is 0 Å². The van der Waals surface area contributed by atoms with E-state index in [1.807, 2.05) is 56.3 Å². The maximum Gasteiger partial charge on any atom is 0.227 e. The fraction of sp³-hybridized carbons (Fsp3) is 0.308. The SMILES string of the molecule is Cc1cc(C)nc(Nc2ccc(NC(=O)CCC(=O)c3ccc4c(c3)CCCC4)cc2)n1. The van der Waals surface area contributed by atoms with Crippen molar-refractivity contribution in [2.75, 3.05) is 10.6 Å². The maximum absolute atomic E-state index is 12.6. The molecule has 2 N–H and O–H groups in total. The summed E-state index contributed by atoms with van der Waals surface area (Å²) in [6.45, 7) is 3.85. The van der Waals surface area contributed by atoms with Crippen LogP contribution < -0.4 is 10.6 Å². The van der Waals surface area contributed by atoms with E-state index in [1.54, 1.807) is 0 Å². The third-order valence-electron chi connectivity index (χ3n) is 5.66. The van der Waals surface area contributed by atoms with Crippen molar-refractivity contribution in [2.24, 2.45) is 0 Å². The minimum absolute atomic E-state index is 0.0153. The van der Waals surface area contributed by atoms with Crippen LogP contribution in [-0.2, 0) is 17.6 Å². The second-order valence-electron chi connectivity index (χ2n) is 8.34. The van der Waals surface area contributed by atoms with Gasteiger partial charge in [0.2, 0.25) is 11.9 Å². The van der Waals surface area contributed by atoms with Crippen LogP contribution in [0, 0.1) is 13.8 Å². The molecule has 0 bridgehead atoms. The topological polar surface area (TPSA) is 84.0 Å². The largest absolute Gasteiger partial charge is 0.326 e. The van der Waals surface area contributed by atoms with Gasteiger partial charge in [0.05, 0.1) is 0 Å². The summed E-state index contributed by atoms with van der Waals surface area (Å²) in [4.78, 5) is 33.6. The van der Waals surface area contributed by atoms with Gasteiger partial charge in [0.25, 0.3) is 0 Å². The van der Waals surface area contributed by atoms with Crippen LogP contribution in [-0.4, -0.2) is 21.7 Å². The Morgan fingerprint density at radius 3 is 2.19 bits per heavy atom. The highest BCUT2D eigenvalue weighted by atomic mass is 16.2. The Balaban J connectivity index is 1.29. The van der Waals surface area contributed by atoms with E-state index in [-0.39, 0.29) is 24.5 Å². The fourth-order valence-electron chi connectivity index (χ4n) is 4.05. The first-order chi connectivity index (χ1) is 15.5. The minimum Gasteiger partial charge on any atom is -0.326 e. The lowest BCUT2D eigenvalue weighted by Crippen LogP contribution is -2.14. The summed E-state index contributed by atoms with van der Waals surface area (Å²) in [6, 6.07) is 15.2. The van der Waals surface area contributed by atoms with E-state index in [0.717, 1.165) is 29.9 Å². The average Bonchev–Trinajstić information content (AvgIpc) is 2.78. The van der Waals surface area contributed by atoms with E-state index >= 15 is 0 Å². The summed E-state index contributed by atoms with van der Waals surface area (Å²) in [5.41, 5.74) is 6.66. The molecule has 0 atom stereocenters. The number of fused-ring (bicyclic) bond motifs is 1. The van der Waals surface area contributed by atoms with Gasteiger partial charge >= 0.3 is 0 Å². The molecular formula is C26H28N4O2. The zero-order valence-electron chi connectivity index (χ0n) is 18.6. The Morgan fingerprint density at radius 1 is 0.812 bits per heavy atom. The number of hydrogen-bond donors (Lipinski definition) is 2. The molecule has 0 fully saturated rings. The normalized spacial score (nSPS) is 12.7. The van der Waals surface area contributed by atoms with E-state index in [0.29, 0.717) is 17.2 Å². The maximum atomic E-state index is 12.6. The molecule has 1 heterocycles. The molecule has 0 unspecified atom stereocenters. The number of carbonyl (C=O) groups excluding carboxylic acids is 2. The van der Waals surface area contributed by atoms with Crippen LogP contribution in [0.4, 0.5) is 17.3 Å². The number of hydrogen-bond acceptors (Lipinski definition) is 5. The van der Waals surface area contributed by atoms with Gasteiger partial charge in [-0.2, -0.15) is 0 Å². The first-order valence-corrected chi connectivity index (χ1v) is 11.1. The highest BCUT2D eigenvalue weighted by Crippen LogP contribution is 2.23. The van der Waals surface area contributed by atoms with E-state index in [9.17, 15) is 9.59 Å². The van der Waals surface area contributed by atoms with Crippen LogP contribution in [0.1, 0.15) is 58.6 Å². The van der Waals surface area contributed by atoms with E-state index < -0.39 is 0 Å². The van der Waals surface area contributed by atoms with Crippen molar-refractivity contribution in [3.63, 3.8) is 0 Å². The molecule has 1 aromatic heterocycles. The van der Waals surface area contributed by atoms with E-state index in [1.165, 1.54) is 24.0 Å². The molecule has 0 radical (unpaired) electrons. The lowest BCUT2D eigenvalue weighted by atomic mass is 9.89. The average molecular weight is 429 g/mol. The van der Waals surface area contributed by atoms with Crippen LogP contribution >= 0.6 is 0 Å². The van der Waals surface area contributed by atoms with Crippen LogP contribution in [0.3, 0.4) is 0 Å². The number of nitrogens with one attached hydrogen (secondary N) is 2. The van der Waals surface area contributed by atoms with Gasteiger partial charge in [0, 0.05) is 41.2 Å². The third-order valence-corrected chi connectivity index (χ3v) is 5.66. The zero-order chi connectivity index (χ0) is 22.5. The smallest absolute Gasteiger partial charge is 0.227 e. The number of aryl methyl sites for hydroxylation is 4. The first-order valence-electron chi connectivity index (χ1n) is 11.1. The summed E-state index contributed by atoms with van der Waals surface area (Å²) in [5, 5.41) is 6.02. The van der Waals surface area contributed by atoms with Crippen molar-refractivity contribution in [3.05, 3.63) is 76.6 Å². The predicted octanol–water partition coefficient (Wildman–Crippen LogP) is 5.32. The van der Waals surface area contributed by atoms with Gasteiger partial charge in [-0.3, -0.25) is 9.59 Å². The standard InChI is InChI=1S/C26H28N4O2/c1-17-15-18(2)28-26(27-17)30-23-11-9-22(10-12-23)29-25(32)14-13-24(31)21-8-7-19-5-3-4-6-20(19)16-21/h7-12,15-16H,3-6,13-14H2,1-2H3,(H,29,32)(H,27,28,30). The number of amides is 1. The molecule has 6 heteroatoms. The third kappa shape index (κ3) is 5.58. The number of nitrogens with zero attached hydrogens (tertiary/aromatic N) is 2. The number of benzene rings is 2. The number of anilines is 3. The molecule has 1 aliphatic carbocycles. The summed E-state index contributed by atoms with van der Waals surface area (Å²) in [7, 11) is 0. The molecule has 0 saturated carbocycles. The molecule has 0 aliphatic heterocycles. The molecule has 6 nitrogen and oxygen atoms in total. The van der Waals surface area contributed by atoms with Crippen molar-refractivity contribution >= 4 is 29.0 Å². The molecule has 4 rings (SSSR count). The Bertz CT molecular complexity index is 1120. The Hall–Kier alpha value is -3.54. The predicted molar refractivity (Wildman–Crippen MR) is 127 cm³/mol. The zero-order valence-corrected chi connectivity index (χ0v) is 18.6. The fourth-order valence-corrected chi connectivity index (χ4v) is 4.05. The molecule has 0 saturated heterocycles. The second-order valence-corrected chi connectivity index (χ2v) is 8.34. The summed E-state index contributed by atoms with van der Waals surface area (Å²) in [5.74, 6) is 0.385. The van der Waals surface area contributed by atoms with Gasteiger partial charge in [-0.15, -0.1) is 0 Å². The van der Waals surface area contributed by atoms with E-state index in [4.69, 9.17) is 0 Å². The van der Waals surface area contributed by atoms with Crippen molar-refractivity contribution in [3.8, 4) is 0 Å². The van der Waals surface area contributed by atoms with Crippen LogP contribution in [0.15, 0.2) is 48.5 Å². The number of ketones is 1. The lowest BCUT2D eigenvalue weighted by molar-refractivity contribution is -0.116. The highest BCUT2D eigenvalue weighted by Gasteiger charge is 2.14. The van der Waals surface area contributed by atoms with Gasteiger partial charge in [-0.25, -0.2) is 9.97 Å². The van der Waals surface area contributed by atoms with Crippen molar-refractivity contribution < 1.29 is 9.59 Å². The molecule has 0 spiro atoms. The monoisotopic (exact) mass is 428 g/mol. The number of aromatic nitrogens is 2. The Kier molecular flexibility index (Phi) is 6.59. The summed E-state index contributed by atoms with van der Waals surface area (Å²) >= 11 is 0. The summed E-state index contributed by atoms with van der Waals surface area (Å²) in [6.07, 6.45) is 4.89. The van der Waals surface area contributed by atoms with Gasteiger partial charge in [0.15, 0.2) is 5.78 Å². The molecule has 32 heavy (non-hydrogen) atoms. The summed E-state index contributed by atoms with van der Waals surface area (Å²) < 4.78 is 0. The quantitative estimate of drug-likeness (QED) is 0.498. The van der Waals surface area contributed by atoms with Crippen molar-refractivity contribution in [1.29, 1.82) is 0 Å². The Morgan fingerprint density at radius 2 is 1.47 bits per heavy atom. The minimum atomic E-state index is -0.172. The second kappa shape index (κ2) is 9.73. The van der Waals surface area contributed by atoms with Gasteiger partial charge in [-0.05, 0) is 87.1 Å². The van der Waals surface area contributed by atoms with Crippen LogP contribution in [0.5, 0.6) is 0 Å². The first kappa shape index (κ1) is 21.7. The van der Waals surface area contributed by atoms with Crippen molar-refractivity contribution in [1.82, 2.24) is 9.97 Å². The molecule has 2 aromatic carbocycles. The number of rotatable bonds is 7. The van der Waals surface area contributed by atoms with E-state index in [2.05, 4.69) is 26.7 Å². The number of Topliss-reactive ketones (excluding diaryl/α,β-unsaturated/α-hetero) is 1. The molecule has 1 aliphatic rings. The molecule has 1 amide bonds. The molecule has 164 valence electrons. The molecular weight excluding hydrogens is 400 g/mol. The highest BCUT2D eigenvalue weighted by molar-refractivity contribution is 6.00. The van der Waals surface area contributed by atoms with Gasteiger partial charge in [0.1, 0.15) is 0 Å². The van der Waals surface area contributed by atoms with Crippen LogP contribution in [0.25, 0.3) is 0 Å². The lowest BCUT2D eigenvalue weighted by Gasteiger charge is -2.16. The van der Waals surface area contributed by atoms with Gasteiger partial charge < -0.3 is 10.6 Å². The number of carbonyl (C=O) groups is 2. The Labute approximate surface area is 188 Å². The van der Waals surface area contributed by atoms with Gasteiger partial charge in [-0.1, -0.05) is 12.1 Å². The molecule has 3 aromatic rings.